The molecule has 2 aromatic rings. The van der Waals surface area contributed by atoms with Crippen molar-refractivity contribution in [1.82, 2.24) is 5.32 Å². The van der Waals surface area contributed by atoms with Gasteiger partial charge in [0.15, 0.2) is 0 Å². The highest BCUT2D eigenvalue weighted by Gasteiger charge is 2.47. The van der Waals surface area contributed by atoms with Gasteiger partial charge < -0.3 is 15.2 Å². The molecule has 2 aliphatic rings. The molecule has 1 amide bonds. The topological polar surface area (TPSA) is 75.6 Å². The molecule has 1 saturated carbocycles. The molecule has 4 rings (SSSR count). The number of benzene rings is 2. The fourth-order valence-electron chi connectivity index (χ4n) is 6.27. The van der Waals surface area contributed by atoms with Gasteiger partial charge in [-0.25, -0.2) is 4.79 Å². The maximum atomic E-state index is 12.9. The Morgan fingerprint density at radius 3 is 2.12 bits per heavy atom. The standard InChI is InChI=1S/C27H33NO4/c1-26(2)14-23(22(13-24(29)30)27(3,4)16-26)28-25(31)32-15-21-19-11-7-5-9-17(19)18-10-6-8-12-20(18)21/h5-12,21-23H,13-16H2,1-4H3,(H,28,31)(H,29,30). The van der Waals surface area contributed by atoms with Crippen LogP contribution < -0.4 is 5.32 Å². The largest absolute Gasteiger partial charge is 0.481 e. The normalized spacial score (nSPS) is 23.1. The lowest BCUT2D eigenvalue weighted by molar-refractivity contribution is -0.141. The van der Waals surface area contributed by atoms with Crippen molar-refractivity contribution in [3.8, 4) is 11.1 Å². The third kappa shape index (κ3) is 4.38. The SMILES string of the molecule is CC1(C)CC(NC(=O)OCC2c3ccccc3-c3ccccc32)C(CC(=O)O)C(C)(C)C1. The molecule has 2 aliphatic carbocycles. The van der Waals surface area contributed by atoms with E-state index < -0.39 is 12.1 Å². The zero-order chi connectivity index (χ0) is 23.1. The number of carboxylic acids is 1. The van der Waals surface area contributed by atoms with Gasteiger partial charge in [-0.3, -0.25) is 4.79 Å². The molecule has 0 aromatic heterocycles. The number of carboxylic acid groups (broad SMARTS) is 1. The first kappa shape index (κ1) is 22.4. The summed E-state index contributed by atoms with van der Waals surface area (Å²) in [5, 5.41) is 12.5. The highest BCUT2D eigenvalue weighted by Crippen LogP contribution is 2.50. The number of carbonyl (C=O) groups is 2. The van der Waals surface area contributed by atoms with Crippen molar-refractivity contribution in [3.63, 3.8) is 0 Å². The molecule has 1 fully saturated rings. The minimum absolute atomic E-state index is 0.00204. The van der Waals surface area contributed by atoms with Gasteiger partial charge >= 0.3 is 12.1 Å². The maximum absolute atomic E-state index is 12.9. The molecule has 0 aliphatic heterocycles. The van der Waals surface area contributed by atoms with Crippen LogP contribution in [0.3, 0.4) is 0 Å². The Morgan fingerprint density at radius 1 is 1.00 bits per heavy atom. The Labute approximate surface area is 190 Å². The van der Waals surface area contributed by atoms with Crippen LogP contribution >= 0.6 is 0 Å². The second kappa shape index (κ2) is 8.27. The number of rotatable bonds is 5. The molecule has 2 unspecified atom stereocenters. The monoisotopic (exact) mass is 435 g/mol. The number of ether oxygens (including phenoxy) is 1. The van der Waals surface area contributed by atoms with E-state index in [9.17, 15) is 14.7 Å². The van der Waals surface area contributed by atoms with Crippen LogP contribution in [-0.2, 0) is 9.53 Å². The smallest absolute Gasteiger partial charge is 0.407 e. The van der Waals surface area contributed by atoms with Crippen LogP contribution in [0.4, 0.5) is 4.79 Å². The molecule has 0 saturated heterocycles. The van der Waals surface area contributed by atoms with Gasteiger partial charge in [0.2, 0.25) is 0 Å². The Balaban J connectivity index is 1.48. The quantitative estimate of drug-likeness (QED) is 0.619. The third-order valence-corrected chi connectivity index (χ3v) is 7.24. The highest BCUT2D eigenvalue weighted by atomic mass is 16.5. The van der Waals surface area contributed by atoms with E-state index in [2.05, 4.69) is 57.3 Å². The number of nitrogens with one attached hydrogen (secondary N) is 1. The van der Waals surface area contributed by atoms with E-state index in [1.54, 1.807) is 0 Å². The van der Waals surface area contributed by atoms with Crippen LogP contribution in [-0.4, -0.2) is 29.8 Å². The molecule has 32 heavy (non-hydrogen) atoms. The van der Waals surface area contributed by atoms with E-state index in [0.29, 0.717) is 0 Å². The average Bonchev–Trinajstić information content (AvgIpc) is 3.02. The minimum Gasteiger partial charge on any atom is -0.481 e. The number of aliphatic carboxylic acids is 1. The molecular weight excluding hydrogens is 402 g/mol. The summed E-state index contributed by atoms with van der Waals surface area (Å²) in [7, 11) is 0. The molecule has 0 heterocycles. The molecule has 5 nitrogen and oxygen atoms in total. The first-order chi connectivity index (χ1) is 15.1. The molecule has 0 radical (unpaired) electrons. The number of hydrogen-bond acceptors (Lipinski definition) is 3. The Bertz CT molecular complexity index is 980. The van der Waals surface area contributed by atoms with Gasteiger partial charge in [-0.15, -0.1) is 0 Å². The average molecular weight is 436 g/mol. The lowest BCUT2D eigenvalue weighted by Gasteiger charge is -2.50. The number of fused-ring (bicyclic) bond motifs is 3. The van der Waals surface area contributed by atoms with Gasteiger partial charge in [-0.1, -0.05) is 76.2 Å². The summed E-state index contributed by atoms with van der Waals surface area (Å²) < 4.78 is 5.73. The van der Waals surface area contributed by atoms with Crippen LogP contribution in [0.5, 0.6) is 0 Å². The van der Waals surface area contributed by atoms with Crippen LogP contribution in [0.15, 0.2) is 48.5 Å². The van der Waals surface area contributed by atoms with Crippen molar-refractivity contribution in [2.45, 2.75) is 58.9 Å². The Kier molecular flexibility index (Phi) is 5.78. The highest BCUT2D eigenvalue weighted by molar-refractivity contribution is 5.79. The van der Waals surface area contributed by atoms with E-state index in [1.165, 1.54) is 22.3 Å². The summed E-state index contributed by atoms with van der Waals surface area (Å²) in [4.78, 5) is 24.4. The van der Waals surface area contributed by atoms with Crippen LogP contribution in [0.25, 0.3) is 11.1 Å². The Morgan fingerprint density at radius 2 is 1.56 bits per heavy atom. The first-order valence-corrected chi connectivity index (χ1v) is 11.4. The summed E-state index contributed by atoms with van der Waals surface area (Å²) in [5.41, 5.74) is 4.54. The van der Waals surface area contributed by atoms with Gasteiger partial charge in [0, 0.05) is 12.0 Å². The van der Waals surface area contributed by atoms with E-state index in [1.807, 2.05) is 24.3 Å². The third-order valence-electron chi connectivity index (χ3n) is 7.24. The van der Waals surface area contributed by atoms with Gasteiger partial charge in [-0.2, -0.15) is 0 Å². The van der Waals surface area contributed by atoms with Crippen molar-refractivity contribution in [2.24, 2.45) is 16.7 Å². The van der Waals surface area contributed by atoms with E-state index in [-0.39, 0.29) is 41.7 Å². The summed E-state index contributed by atoms with van der Waals surface area (Å²) in [6.07, 6.45) is 1.22. The van der Waals surface area contributed by atoms with Gasteiger partial charge in [0.25, 0.3) is 0 Å². The predicted molar refractivity (Wildman–Crippen MR) is 125 cm³/mol. The van der Waals surface area contributed by atoms with Crippen molar-refractivity contribution in [1.29, 1.82) is 0 Å². The number of amides is 1. The van der Waals surface area contributed by atoms with E-state index >= 15 is 0 Å². The summed E-state index contributed by atoms with van der Waals surface area (Å²) in [6.45, 7) is 8.82. The fourth-order valence-corrected chi connectivity index (χ4v) is 6.27. The molecule has 170 valence electrons. The predicted octanol–water partition coefficient (Wildman–Crippen LogP) is 5.83. The van der Waals surface area contributed by atoms with Gasteiger partial charge in [0.05, 0.1) is 6.42 Å². The van der Waals surface area contributed by atoms with Crippen molar-refractivity contribution in [3.05, 3.63) is 59.7 Å². The lowest BCUT2D eigenvalue weighted by Crippen LogP contribution is -2.53. The maximum Gasteiger partial charge on any atom is 0.407 e. The second-order valence-electron chi connectivity index (χ2n) is 10.8. The zero-order valence-electron chi connectivity index (χ0n) is 19.4. The van der Waals surface area contributed by atoms with Crippen molar-refractivity contribution in [2.75, 3.05) is 6.61 Å². The Hall–Kier alpha value is -2.82. The van der Waals surface area contributed by atoms with Crippen LogP contribution in [0.2, 0.25) is 0 Å². The van der Waals surface area contributed by atoms with Crippen LogP contribution in [0, 0.1) is 16.7 Å². The molecule has 2 N–H and O–H groups in total. The second-order valence-corrected chi connectivity index (χ2v) is 10.8. The number of carbonyl (C=O) groups excluding carboxylic acids is 1. The number of alkyl carbamates (subject to hydrolysis) is 1. The molecule has 5 heteroatoms. The summed E-state index contributed by atoms with van der Waals surface area (Å²) >= 11 is 0. The van der Waals surface area contributed by atoms with Gasteiger partial charge in [-0.05, 0) is 51.8 Å². The molecule has 2 aromatic carbocycles. The van der Waals surface area contributed by atoms with E-state index in [4.69, 9.17) is 4.74 Å². The molecular formula is C27H33NO4. The summed E-state index contributed by atoms with van der Waals surface area (Å²) in [5.74, 6) is -0.974. The minimum atomic E-state index is -0.831. The zero-order valence-corrected chi connectivity index (χ0v) is 19.4. The van der Waals surface area contributed by atoms with Crippen LogP contribution in [0.1, 0.15) is 64.0 Å². The first-order valence-electron chi connectivity index (χ1n) is 11.4. The van der Waals surface area contributed by atoms with Crippen molar-refractivity contribution < 1.29 is 19.4 Å². The fraction of sp³-hybridized carbons (Fsp3) is 0.481. The van der Waals surface area contributed by atoms with E-state index in [0.717, 1.165) is 12.8 Å². The molecule has 2 atom stereocenters. The van der Waals surface area contributed by atoms with Gasteiger partial charge in [0.1, 0.15) is 6.61 Å². The molecule has 0 spiro atoms. The van der Waals surface area contributed by atoms with Crippen molar-refractivity contribution >= 4 is 12.1 Å². The lowest BCUT2D eigenvalue weighted by atomic mass is 9.57. The molecule has 0 bridgehead atoms. The summed E-state index contributed by atoms with van der Waals surface area (Å²) in [6, 6.07) is 16.3. The number of hydrogen-bond donors (Lipinski definition) is 2.